The van der Waals surface area contributed by atoms with E-state index >= 15 is 0 Å². The van der Waals surface area contributed by atoms with Gasteiger partial charge in [0.15, 0.2) is 5.78 Å². The van der Waals surface area contributed by atoms with Gasteiger partial charge in [-0.2, -0.15) is 0 Å². The summed E-state index contributed by atoms with van der Waals surface area (Å²) in [6.45, 7) is 6.78. The molecule has 0 amide bonds. The molecule has 1 aromatic rings. The zero-order chi connectivity index (χ0) is 11.8. The van der Waals surface area contributed by atoms with Crippen LogP contribution in [0.25, 0.3) is 0 Å². The van der Waals surface area contributed by atoms with Gasteiger partial charge < -0.3 is 5.32 Å². The number of Topliss-reactive ketones (excluding diaryl/α,β-unsaturated/α-hetero) is 1. The van der Waals surface area contributed by atoms with Crippen LogP contribution in [0.4, 0.5) is 0 Å². The standard InChI is InChI=1S/C14H19NO/c1-3-5-12-6-8-13(9-7-12)14(16)11-15-10-4-2/h4,6-9,15H,2-3,5,10-11H2,1H3. The lowest BCUT2D eigenvalue weighted by Crippen LogP contribution is -2.22. The monoisotopic (exact) mass is 217 g/mol. The van der Waals surface area contributed by atoms with Crippen molar-refractivity contribution in [2.45, 2.75) is 19.8 Å². The molecule has 0 unspecified atom stereocenters. The summed E-state index contributed by atoms with van der Waals surface area (Å²) in [5.41, 5.74) is 2.06. The minimum absolute atomic E-state index is 0.130. The number of hydrogen-bond donors (Lipinski definition) is 1. The van der Waals surface area contributed by atoms with Gasteiger partial charge >= 0.3 is 0 Å². The molecule has 16 heavy (non-hydrogen) atoms. The minimum Gasteiger partial charge on any atom is -0.306 e. The molecule has 1 N–H and O–H groups in total. The molecule has 86 valence electrons. The summed E-state index contributed by atoms with van der Waals surface area (Å²) in [6.07, 6.45) is 3.95. The first kappa shape index (κ1) is 12.7. The van der Waals surface area contributed by atoms with Crippen molar-refractivity contribution in [2.75, 3.05) is 13.1 Å². The number of carbonyl (C=O) groups excluding carboxylic acids is 1. The second-order valence-electron chi connectivity index (χ2n) is 3.79. The van der Waals surface area contributed by atoms with Crippen molar-refractivity contribution in [2.24, 2.45) is 0 Å². The maximum Gasteiger partial charge on any atom is 0.176 e. The van der Waals surface area contributed by atoms with Crippen molar-refractivity contribution in [1.82, 2.24) is 5.32 Å². The number of ketones is 1. The van der Waals surface area contributed by atoms with E-state index in [1.54, 1.807) is 6.08 Å². The van der Waals surface area contributed by atoms with Crippen molar-refractivity contribution in [3.05, 3.63) is 48.0 Å². The van der Waals surface area contributed by atoms with Crippen LogP contribution in [0.2, 0.25) is 0 Å². The molecular formula is C14H19NO. The molecule has 0 aliphatic rings. The van der Waals surface area contributed by atoms with Gasteiger partial charge in [-0.15, -0.1) is 6.58 Å². The van der Waals surface area contributed by atoms with Gasteiger partial charge in [-0.05, 0) is 12.0 Å². The Morgan fingerprint density at radius 3 is 2.62 bits per heavy atom. The molecule has 0 fully saturated rings. The third kappa shape index (κ3) is 3.99. The third-order valence-electron chi connectivity index (χ3n) is 2.39. The maximum absolute atomic E-state index is 11.7. The molecule has 1 rings (SSSR count). The van der Waals surface area contributed by atoms with Crippen LogP contribution in [-0.4, -0.2) is 18.9 Å². The van der Waals surface area contributed by atoms with E-state index in [-0.39, 0.29) is 5.78 Å². The smallest absolute Gasteiger partial charge is 0.176 e. The second kappa shape index (κ2) is 6.96. The average Bonchev–Trinajstić information content (AvgIpc) is 2.30. The van der Waals surface area contributed by atoms with Crippen molar-refractivity contribution in [3.63, 3.8) is 0 Å². The summed E-state index contributed by atoms with van der Waals surface area (Å²) in [4.78, 5) is 11.7. The van der Waals surface area contributed by atoms with E-state index in [1.807, 2.05) is 24.3 Å². The Labute approximate surface area is 97.4 Å². The van der Waals surface area contributed by atoms with E-state index in [4.69, 9.17) is 0 Å². The van der Waals surface area contributed by atoms with Crippen molar-refractivity contribution < 1.29 is 4.79 Å². The quantitative estimate of drug-likeness (QED) is 0.432. The van der Waals surface area contributed by atoms with E-state index < -0.39 is 0 Å². The molecule has 0 aromatic heterocycles. The minimum atomic E-state index is 0.130. The lowest BCUT2D eigenvalue weighted by Gasteiger charge is -2.03. The largest absolute Gasteiger partial charge is 0.306 e. The summed E-state index contributed by atoms with van der Waals surface area (Å²) >= 11 is 0. The molecule has 0 aliphatic heterocycles. The average molecular weight is 217 g/mol. The topological polar surface area (TPSA) is 29.1 Å². The zero-order valence-corrected chi connectivity index (χ0v) is 9.83. The van der Waals surface area contributed by atoms with Gasteiger partial charge in [0.2, 0.25) is 0 Å². The van der Waals surface area contributed by atoms with Gasteiger partial charge in [0, 0.05) is 12.1 Å². The van der Waals surface area contributed by atoms with E-state index in [9.17, 15) is 4.79 Å². The number of aryl methyl sites for hydroxylation is 1. The van der Waals surface area contributed by atoms with Crippen LogP contribution in [0, 0.1) is 0 Å². The molecule has 0 atom stereocenters. The zero-order valence-electron chi connectivity index (χ0n) is 9.83. The van der Waals surface area contributed by atoms with Gasteiger partial charge in [0.25, 0.3) is 0 Å². The molecule has 0 bridgehead atoms. The van der Waals surface area contributed by atoms with E-state index in [1.165, 1.54) is 5.56 Å². The predicted molar refractivity (Wildman–Crippen MR) is 67.8 cm³/mol. The molecule has 0 heterocycles. The van der Waals surface area contributed by atoms with Gasteiger partial charge in [-0.3, -0.25) is 4.79 Å². The highest BCUT2D eigenvalue weighted by atomic mass is 16.1. The first-order valence-corrected chi connectivity index (χ1v) is 5.71. The van der Waals surface area contributed by atoms with Crippen LogP contribution < -0.4 is 5.32 Å². The Morgan fingerprint density at radius 2 is 2.06 bits per heavy atom. The van der Waals surface area contributed by atoms with Gasteiger partial charge in [-0.1, -0.05) is 43.7 Å². The second-order valence-corrected chi connectivity index (χ2v) is 3.79. The molecule has 0 radical (unpaired) electrons. The highest BCUT2D eigenvalue weighted by molar-refractivity contribution is 5.97. The SMILES string of the molecule is C=CCNCC(=O)c1ccc(CCC)cc1. The molecule has 2 heteroatoms. The van der Waals surface area contributed by atoms with Crippen molar-refractivity contribution >= 4 is 5.78 Å². The van der Waals surface area contributed by atoms with Gasteiger partial charge in [-0.25, -0.2) is 0 Å². The molecule has 0 saturated heterocycles. The normalized spacial score (nSPS) is 10.1. The number of benzene rings is 1. The van der Waals surface area contributed by atoms with Gasteiger partial charge in [0.1, 0.15) is 0 Å². The van der Waals surface area contributed by atoms with E-state index in [2.05, 4.69) is 18.8 Å². The van der Waals surface area contributed by atoms with Crippen LogP contribution in [0.15, 0.2) is 36.9 Å². The molecule has 0 saturated carbocycles. The fourth-order valence-electron chi connectivity index (χ4n) is 1.54. The van der Waals surface area contributed by atoms with Crippen molar-refractivity contribution in [3.8, 4) is 0 Å². The summed E-state index contributed by atoms with van der Waals surface area (Å²) < 4.78 is 0. The molecule has 1 aromatic carbocycles. The van der Waals surface area contributed by atoms with Gasteiger partial charge in [0.05, 0.1) is 6.54 Å². The fourth-order valence-corrected chi connectivity index (χ4v) is 1.54. The summed E-state index contributed by atoms with van der Waals surface area (Å²) in [5.74, 6) is 0.130. The predicted octanol–water partition coefficient (Wildman–Crippen LogP) is 2.60. The van der Waals surface area contributed by atoms with Crippen molar-refractivity contribution in [1.29, 1.82) is 0 Å². The Hall–Kier alpha value is -1.41. The number of hydrogen-bond acceptors (Lipinski definition) is 2. The number of carbonyl (C=O) groups is 1. The van der Waals surface area contributed by atoms with Crippen LogP contribution in [0.5, 0.6) is 0 Å². The van der Waals surface area contributed by atoms with Crippen LogP contribution in [0.3, 0.4) is 0 Å². The summed E-state index contributed by atoms with van der Waals surface area (Å²) in [7, 11) is 0. The summed E-state index contributed by atoms with van der Waals surface area (Å²) in [6, 6.07) is 7.88. The Bertz CT molecular complexity index is 340. The molecule has 2 nitrogen and oxygen atoms in total. The fraction of sp³-hybridized carbons (Fsp3) is 0.357. The summed E-state index contributed by atoms with van der Waals surface area (Å²) in [5, 5.41) is 3.01. The van der Waals surface area contributed by atoms with Crippen LogP contribution in [-0.2, 0) is 6.42 Å². The first-order chi connectivity index (χ1) is 7.77. The molecular weight excluding hydrogens is 198 g/mol. The Kier molecular flexibility index (Phi) is 5.51. The third-order valence-corrected chi connectivity index (χ3v) is 2.39. The lowest BCUT2D eigenvalue weighted by molar-refractivity contribution is 0.0992. The first-order valence-electron chi connectivity index (χ1n) is 5.71. The molecule has 0 spiro atoms. The van der Waals surface area contributed by atoms with E-state index in [0.717, 1.165) is 18.4 Å². The maximum atomic E-state index is 11.7. The number of rotatable bonds is 7. The van der Waals surface area contributed by atoms with Crippen LogP contribution in [0.1, 0.15) is 29.3 Å². The Balaban J connectivity index is 2.52. The molecule has 0 aliphatic carbocycles. The lowest BCUT2D eigenvalue weighted by atomic mass is 10.1. The van der Waals surface area contributed by atoms with E-state index in [0.29, 0.717) is 13.1 Å². The van der Waals surface area contributed by atoms with Crippen LogP contribution >= 0.6 is 0 Å². The number of nitrogens with one attached hydrogen (secondary N) is 1. The highest BCUT2D eigenvalue weighted by Crippen LogP contribution is 2.07. The Morgan fingerprint density at radius 1 is 1.38 bits per heavy atom. The highest BCUT2D eigenvalue weighted by Gasteiger charge is 2.04.